The summed E-state index contributed by atoms with van der Waals surface area (Å²) in [5, 5.41) is 0. The summed E-state index contributed by atoms with van der Waals surface area (Å²) in [5.74, 6) is 1.37. The molecular weight excluding hydrogens is 178 g/mol. The molecule has 2 unspecified atom stereocenters. The van der Waals surface area contributed by atoms with Crippen molar-refractivity contribution in [2.45, 2.75) is 33.1 Å². The zero-order valence-electron chi connectivity index (χ0n) is 9.83. The Balaban J connectivity index is 4.32. The van der Waals surface area contributed by atoms with E-state index in [0.29, 0.717) is 11.5 Å². The van der Waals surface area contributed by atoms with E-state index in [4.69, 9.17) is 9.47 Å². The van der Waals surface area contributed by atoms with Crippen molar-refractivity contribution in [1.82, 2.24) is 4.90 Å². The largest absolute Gasteiger partial charge is 0.491 e. The van der Waals surface area contributed by atoms with Gasteiger partial charge in [-0.1, -0.05) is 13.2 Å². The lowest BCUT2D eigenvalue weighted by molar-refractivity contribution is -0.0823. The molecule has 0 rings (SSSR count). The van der Waals surface area contributed by atoms with Crippen LogP contribution in [0.2, 0.25) is 0 Å². The van der Waals surface area contributed by atoms with Crippen LogP contribution in [0.5, 0.6) is 0 Å². The molecule has 0 spiro atoms. The van der Waals surface area contributed by atoms with E-state index in [1.54, 1.807) is 0 Å². The maximum Gasteiger partial charge on any atom is 0.188 e. The fourth-order valence-electron chi connectivity index (χ4n) is 1.20. The molecule has 0 heterocycles. The maximum absolute atomic E-state index is 5.54. The fraction of sp³-hybridized carbons (Fsp3) is 0.636. The second-order valence-corrected chi connectivity index (χ2v) is 3.70. The lowest BCUT2D eigenvalue weighted by Crippen LogP contribution is -2.40. The zero-order chi connectivity index (χ0) is 11.3. The van der Waals surface area contributed by atoms with Gasteiger partial charge in [0.05, 0.1) is 11.5 Å². The van der Waals surface area contributed by atoms with Crippen LogP contribution in [0.4, 0.5) is 0 Å². The molecule has 0 saturated heterocycles. The van der Waals surface area contributed by atoms with Gasteiger partial charge < -0.3 is 9.47 Å². The summed E-state index contributed by atoms with van der Waals surface area (Å²) < 4.78 is 11.0. The van der Waals surface area contributed by atoms with Gasteiger partial charge in [0.15, 0.2) is 6.23 Å². The first-order valence-electron chi connectivity index (χ1n) is 4.65. The molecule has 0 aliphatic rings. The van der Waals surface area contributed by atoms with E-state index >= 15 is 0 Å². The first kappa shape index (κ1) is 13.0. The van der Waals surface area contributed by atoms with Crippen LogP contribution in [0.25, 0.3) is 0 Å². The van der Waals surface area contributed by atoms with Crippen molar-refractivity contribution in [2.24, 2.45) is 0 Å². The van der Waals surface area contributed by atoms with Crippen molar-refractivity contribution in [3.05, 3.63) is 24.7 Å². The van der Waals surface area contributed by atoms with Gasteiger partial charge in [-0.3, -0.25) is 4.90 Å². The normalized spacial score (nSPS) is 14.7. The molecule has 0 fully saturated rings. The van der Waals surface area contributed by atoms with Crippen molar-refractivity contribution in [2.75, 3.05) is 14.1 Å². The van der Waals surface area contributed by atoms with E-state index in [0.717, 1.165) is 0 Å². The molecule has 14 heavy (non-hydrogen) atoms. The molecule has 0 amide bonds. The monoisotopic (exact) mass is 199 g/mol. The van der Waals surface area contributed by atoms with E-state index < -0.39 is 0 Å². The van der Waals surface area contributed by atoms with Gasteiger partial charge in [0.2, 0.25) is 0 Å². The van der Waals surface area contributed by atoms with Gasteiger partial charge in [-0.05, 0) is 34.9 Å². The Morgan fingerprint density at radius 1 is 1.07 bits per heavy atom. The van der Waals surface area contributed by atoms with Gasteiger partial charge in [-0.15, -0.1) is 0 Å². The van der Waals surface area contributed by atoms with Crippen molar-refractivity contribution in [1.29, 1.82) is 0 Å². The molecule has 0 aromatic rings. The smallest absolute Gasteiger partial charge is 0.188 e. The lowest BCUT2D eigenvalue weighted by Gasteiger charge is -2.30. The molecule has 0 saturated carbocycles. The lowest BCUT2D eigenvalue weighted by atomic mass is 10.3. The van der Waals surface area contributed by atoms with Gasteiger partial charge >= 0.3 is 0 Å². The second kappa shape index (κ2) is 5.70. The Kier molecular flexibility index (Phi) is 5.31. The molecule has 0 aromatic heterocycles. The number of hydrogen-bond donors (Lipinski definition) is 0. The standard InChI is InChI=1S/C11H21NO2/c1-8(2)13-10(5)11(12(6)7)14-9(3)4/h10-11H,1,3H2,2,4-7H3. The molecule has 0 aromatic carbocycles. The molecule has 0 bridgehead atoms. The first-order chi connectivity index (χ1) is 6.34. The Bertz CT molecular complexity index is 211. The van der Waals surface area contributed by atoms with Crippen molar-refractivity contribution >= 4 is 0 Å². The van der Waals surface area contributed by atoms with Crippen LogP contribution in [0, 0.1) is 0 Å². The minimum Gasteiger partial charge on any atom is -0.491 e. The highest BCUT2D eigenvalue weighted by Crippen LogP contribution is 2.12. The maximum atomic E-state index is 5.54. The zero-order valence-corrected chi connectivity index (χ0v) is 9.83. The van der Waals surface area contributed by atoms with Gasteiger partial charge in [-0.2, -0.15) is 0 Å². The average Bonchev–Trinajstić information content (AvgIpc) is 1.97. The van der Waals surface area contributed by atoms with Crippen LogP contribution >= 0.6 is 0 Å². The van der Waals surface area contributed by atoms with Crippen LogP contribution in [0.15, 0.2) is 24.7 Å². The minimum atomic E-state index is -0.135. The minimum absolute atomic E-state index is 0.0702. The van der Waals surface area contributed by atoms with Crippen LogP contribution in [-0.4, -0.2) is 31.3 Å². The molecule has 2 atom stereocenters. The van der Waals surface area contributed by atoms with Crippen molar-refractivity contribution in [3.63, 3.8) is 0 Å². The van der Waals surface area contributed by atoms with E-state index in [1.807, 2.05) is 39.8 Å². The highest BCUT2D eigenvalue weighted by Gasteiger charge is 2.22. The Labute approximate surface area is 87.0 Å². The van der Waals surface area contributed by atoms with E-state index in [2.05, 4.69) is 13.2 Å². The van der Waals surface area contributed by atoms with Crippen molar-refractivity contribution in [3.8, 4) is 0 Å². The summed E-state index contributed by atoms with van der Waals surface area (Å²) in [7, 11) is 3.87. The van der Waals surface area contributed by atoms with Crippen molar-refractivity contribution < 1.29 is 9.47 Å². The summed E-state index contributed by atoms with van der Waals surface area (Å²) in [4.78, 5) is 1.95. The highest BCUT2D eigenvalue weighted by molar-refractivity contribution is 4.82. The molecule has 0 aliphatic carbocycles. The van der Waals surface area contributed by atoms with Crippen LogP contribution in [0.1, 0.15) is 20.8 Å². The number of nitrogens with zero attached hydrogens (tertiary/aromatic N) is 1. The topological polar surface area (TPSA) is 21.7 Å². The van der Waals surface area contributed by atoms with Gasteiger partial charge in [0, 0.05) is 0 Å². The number of ether oxygens (including phenoxy) is 2. The highest BCUT2D eigenvalue weighted by atomic mass is 16.6. The Morgan fingerprint density at radius 2 is 1.50 bits per heavy atom. The third-order valence-electron chi connectivity index (χ3n) is 1.62. The van der Waals surface area contributed by atoms with Gasteiger partial charge in [0.1, 0.15) is 6.10 Å². The summed E-state index contributed by atoms with van der Waals surface area (Å²) in [6, 6.07) is 0. The van der Waals surface area contributed by atoms with E-state index in [1.165, 1.54) is 0 Å². The quantitative estimate of drug-likeness (QED) is 0.484. The van der Waals surface area contributed by atoms with Gasteiger partial charge in [-0.25, -0.2) is 0 Å². The summed E-state index contributed by atoms with van der Waals surface area (Å²) in [6.07, 6.45) is -0.205. The Morgan fingerprint density at radius 3 is 1.79 bits per heavy atom. The summed E-state index contributed by atoms with van der Waals surface area (Å²) in [6.45, 7) is 13.0. The van der Waals surface area contributed by atoms with E-state index in [9.17, 15) is 0 Å². The Hall–Kier alpha value is -0.960. The molecular formula is C11H21NO2. The summed E-state index contributed by atoms with van der Waals surface area (Å²) in [5.41, 5.74) is 0. The second-order valence-electron chi connectivity index (χ2n) is 3.70. The first-order valence-corrected chi connectivity index (χ1v) is 4.65. The van der Waals surface area contributed by atoms with E-state index in [-0.39, 0.29) is 12.3 Å². The predicted molar refractivity (Wildman–Crippen MR) is 58.7 cm³/mol. The SMILES string of the molecule is C=C(C)OC(C)C(OC(=C)C)N(C)C. The number of rotatable bonds is 6. The fourth-order valence-corrected chi connectivity index (χ4v) is 1.20. The van der Waals surface area contributed by atoms with Crippen LogP contribution in [-0.2, 0) is 9.47 Å². The number of likely N-dealkylation sites (N-methyl/N-ethyl adjacent to an activating group) is 1. The number of hydrogen-bond acceptors (Lipinski definition) is 3. The third-order valence-corrected chi connectivity index (χ3v) is 1.62. The van der Waals surface area contributed by atoms with Crippen LogP contribution in [0.3, 0.4) is 0 Å². The average molecular weight is 199 g/mol. The molecule has 3 heteroatoms. The molecule has 0 N–H and O–H groups in total. The molecule has 3 nitrogen and oxygen atoms in total. The van der Waals surface area contributed by atoms with Gasteiger partial charge in [0.25, 0.3) is 0 Å². The molecule has 82 valence electrons. The predicted octanol–water partition coefficient (Wildman–Crippen LogP) is 2.36. The van der Waals surface area contributed by atoms with Crippen LogP contribution < -0.4 is 0 Å². The summed E-state index contributed by atoms with van der Waals surface area (Å²) >= 11 is 0. The third kappa shape index (κ3) is 4.92. The molecule has 0 aliphatic heterocycles. The molecule has 0 radical (unpaired) electrons. The number of allylic oxidation sites excluding steroid dienone is 2.